The first-order valence-corrected chi connectivity index (χ1v) is 5.48. The van der Waals surface area contributed by atoms with Gasteiger partial charge in [0.2, 0.25) is 0 Å². The number of carbonyl (C=O) groups is 2. The number of carboxylic acid groups (broad SMARTS) is 1. The van der Waals surface area contributed by atoms with Crippen molar-refractivity contribution in [2.24, 2.45) is 11.8 Å². The van der Waals surface area contributed by atoms with Crippen LogP contribution in [0.25, 0.3) is 0 Å². The maximum absolute atomic E-state index is 11.2. The Morgan fingerprint density at radius 3 is 2.60 bits per heavy atom. The van der Waals surface area contributed by atoms with Crippen LogP contribution >= 0.6 is 0 Å². The van der Waals surface area contributed by atoms with Gasteiger partial charge >= 0.3 is 11.9 Å². The molecule has 4 nitrogen and oxygen atoms in total. The predicted molar refractivity (Wildman–Crippen MR) is 52.2 cm³/mol. The zero-order chi connectivity index (χ0) is 11.1. The third kappa shape index (κ3) is 1.73. The van der Waals surface area contributed by atoms with E-state index >= 15 is 0 Å². The lowest BCUT2D eigenvalue weighted by Crippen LogP contribution is -2.42. The molecule has 0 radical (unpaired) electrons. The normalized spacial score (nSPS) is 40.5. The van der Waals surface area contributed by atoms with Gasteiger partial charge in [-0.3, -0.25) is 9.59 Å². The number of rotatable bonds is 1. The fraction of sp³-hybridized carbons (Fsp3) is 0.818. The molecule has 1 saturated heterocycles. The molecular weight excluding hydrogens is 196 g/mol. The second-order valence-electron chi connectivity index (χ2n) is 4.82. The Labute approximate surface area is 88.6 Å². The summed E-state index contributed by atoms with van der Waals surface area (Å²) in [7, 11) is 0. The molecule has 15 heavy (non-hydrogen) atoms. The number of hydrogen-bond acceptors (Lipinski definition) is 3. The highest BCUT2D eigenvalue weighted by Gasteiger charge is 2.53. The quantitative estimate of drug-likeness (QED) is 0.670. The molecule has 2 fully saturated rings. The lowest BCUT2D eigenvalue weighted by Gasteiger charge is -2.37. The molecule has 4 heteroatoms. The lowest BCUT2D eigenvalue weighted by molar-refractivity contribution is -0.158. The van der Waals surface area contributed by atoms with Crippen LogP contribution < -0.4 is 0 Å². The van der Waals surface area contributed by atoms with Crippen molar-refractivity contribution in [2.45, 2.75) is 44.6 Å². The Bertz CT molecular complexity index is 289. The van der Waals surface area contributed by atoms with Gasteiger partial charge in [0.25, 0.3) is 0 Å². The standard InChI is InChI=1S/C11H16O4/c1-7-2-4-11(5-3-7)8(10(13)14)6-9(12)15-11/h7-8H,2-6H2,1H3,(H,13,14). The van der Waals surface area contributed by atoms with Crippen molar-refractivity contribution < 1.29 is 19.4 Å². The van der Waals surface area contributed by atoms with E-state index in [4.69, 9.17) is 9.84 Å². The zero-order valence-electron chi connectivity index (χ0n) is 8.86. The first-order valence-electron chi connectivity index (χ1n) is 5.48. The summed E-state index contributed by atoms with van der Waals surface area (Å²) in [5, 5.41) is 9.08. The molecule has 1 unspecified atom stereocenters. The van der Waals surface area contributed by atoms with Gasteiger partial charge in [-0.25, -0.2) is 0 Å². The largest absolute Gasteiger partial charge is 0.481 e. The van der Waals surface area contributed by atoms with Crippen molar-refractivity contribution in [3.8, 4) is 0 Å². The molecule has 0 aromatic carbocycles. The SMILES string of the molecule is CC1CCC2(CC1)OC(=O)CC2C(=O)O. The van der Waals surface area contributed by atoms with Gasteiger partial charge in [0.05, 0.1) is 6.42 Å². The van der Waals surface area contributed by atoms with E-state index in [1.54, 1.807) is 0 Å². The molecule has 2 rings (SSSR count). The molecule has 0 amide bonds. The van der Waals surface area contributed by atoms with Gasteiger partial charge in [-0.05, 0) is 31.6 Å². The minimum Gasteiger partial charge on any atom is -0.481 e. The molecule has 0 aromatic rings. The molecule has 0 bridgehead atoms. The smallest absolute Gasteiger partial charge is 0.311 e. The van der Waals surface area contributed by atoms with Gasteiger partial charge < -0.3 is 9.84 Å². The molecule has 1 saturated carbocycles. The zero-order valence-corrected chi connectivity index (χ0v) is 8.86. The van der Waals surface area contributed by atoms with Crippen LogP contribution in [-0.4, -0.2) is 22.6 Å². The van der Waals surface area contributed by atoms with E-state index in [1.807, 2.05) is 0 Å². The summed E-state index contributed by atoms with van der Waals surface area (Å²) in [4.78, 5) is 22.3. The van der Waals surface area contributed by atoms with E-state index in [0.717, 1.165) is 12.8 Å². The summed E-state index contributed by atoms with van der Waals surface area (Å²) in [6, 6.07) is 0. The Kier molecular flexibility index (Phi) is 2.44. The van der Waals surface area contributed by atoms with E-state index < -0.39 is 17.5 Å². The second-order valence-corrected chi connectivity index (χ2v) is 4.82. The van der Waals surface area contributed by atoms with Crippen molar-refractivity contribution in [1.82, 2.24) is 0 Å². The fourth-order valence-corrected chi connectivity index (χ4v) is 2.71. The maximum atomic E-state index is 11.2. The molecule has 2 aliphatic rings. The summed E-state index contributed by atoms with van der Waals surface area (Å²) in [5.74, 6) is -1.26. The van der Waals surface area contributed by atoms with Crippen molar-refractivity contribution in [3.63, 3.8) is 0 Å². The van der Waals surface area contributed by atoms with Crippen LogP contribution in [0, 0.1) is 11.8 Å². The highest BCUT2D eigenvalue weighted by Crippen LogP contribution is 2.45. The molecule has 1 N–H and O–H groups in total. The van der Waals surface area contributed by atoms with Crippen LogP contribution in [0.4, 0.5) is 0 Å². The maximum Gasteiger partial charge on any atom is 0.311 e. The number of ether oxygens (including phenoxy) is 1. The highest BCUT2D eigenvalue weighted by molar-refractivity contribution is 5.83. The number of aliphatic carboxylic acids is 1. The van der Waals surface area contributed by atoms with Gasteiger partial charge in [0.1, 0.15) is 11.5 Å². The van der Waals surface area contributed by atoms with Crippen molar-refractivity contribution in [2.75, 3.05) is 0 Å². The molecule has 0 aromatic heterocycles. The predicted octanol–water partition coefficient (Wildman–Crippen LogP) is 1.58. The number of carboxylic acids is 1. The number of hydrogen-bond donors (Lipinski definition) is 1. The monoisotopic (exact) mass is 212 g/mol. The van der Waals surface area contributed by atoms with E-state index in [2.05, 4.69) is 6.92 Å². The van der Waals surface area contributed by atoms with E-state index in [0.29, 0.717) is 18.8 Å². The van der Waals surface area contributed by atoms with Gasteiger partial charge in [-0.2, -0.15) is 0 Å². The topological polar surface area (TPSA) is 63.6 Å². The third-order valence-corrected chi connectivity index (χ3v) is 3.74. The average molecular weight is 212 g/mol. The van der Waals surface area contributed by atoms with Crippen LogP contribution in [0.15, 0.2) is 0 Å². The Balaban J connectivity index is 2.18. The molecule has 1 aliphatic carbocycles. The second kappa shape index (κ2) is 3.51. The van der Waals surface area contributed by atoms with Crippen LogP contribution in [0.5, 0.6) is 0 Å². The Morgan fingerprint density at radius 1 is 1.47 bits per heavy atom. The van der Waals surface area contributed by atoms with E-state index in [1.165, 1.54) is 0 Å². The number of esters is 1. The van der Waals surface area contributed by atoms with Crippen molar-refractivity contribution in [3.05, 3.63) is 0 Å². The summed E-state index contributed by atoms with van der Waals surface area (Å²) in [6.45, 7) is 2.15. The lowest BCUT2D eigenvalue weighted by atomic mass is 9.73. The van der Waals surface area contributed by atoms with Crippen molar-refractivity contribution in [1.29, 1.82) is 0 Å². The summed E-state index contributed by atoms with van der Waals surface area (Å²) < 4.78 is 5.29. The first-order chi connectivity index (χ1) is 7.03. The molecule has 1 heterocycles. The Morgan fingerprint density at radius 2 is 2.07 bits per heavy atom. The van der Waals surface area contributed by atoms with Crippen molar-refractivity contribution >= 4 is 11.9 Å². The van der Waals surface area contributed by atoms with E-state index in [-0.39, 0.29) is 12.4 Å². The number of carbonyl (C=O) groups excluding carboxylic acids is 1. The minimum absolute atomic E-state index is 0.0454. The van der Waals surface area contributed by atoms with Crippen LogP contribution in [0.3, 0.4) is 0 Å². The van der Waals surface area contributed by atoms with Crippen LogP contribution in [0.1, 0.15) is 39.0 Å². The Hall–Kier alpha value is -1.06. The van der Waals surface area contributed by atoms with Crippen LogP contribution in [0.2, 0.25) is 0 Å². The average Bonchev–Trinajstić information content (AvgIpc) is 2.49. The van der Waals surface area contributed by atoms with Gasteiger partial charge in [0, 0.05) is 0 Å². The summed E-state index contributed by atoms with van der Waals surface area (Å²) in [6.07, 6.45) is 3.37. The summed E-state index contributed by atoms with van der Waals surface area (Å²) >= 11 is 0. The van der Waals surface area contributed by atoms with Crippen LogP contribution in [-0.2, 0) is 14.3 Å². The molecule has 1 aliphatic heterocycles. The molecule has 1 atom stereocenters. The third-order valence-electron chi connectivity index (χ3n) is 3.74. The minimum atomic E-state index is -0.893. The molecular formula is C11H16O4. The van der Waals surface area contributed by atoms with Gasteiger partial charge in [-0.1, -0.05) is 6.92 Å². The van der Waals surface area contributed by atoms with Gasteiger partial charge in [-0.15, -0.1) is 0 Å². The van der Waals surface area contributed by atoms with E-state index in [9.17, 15) is 9.59 Å². The molecule has 1 spiro atoms. The molecule has 84 valence electrons. The van der Waals surface area contributed by atoms with Gasteiger partial charge in [0.15, 0.2) is 0 Å². The highest BCUT2D eigenvalue weighted by atomic mass is 16.6. The fourth-order valence-electron chi connectivity index (χ4n) is 2.71. The first kappa shape index (κ1) is 10.5. The summed E-state index contributed by atoms with van der Waals surface area (Å²) in [5.41, 5.74) is -0.685.